The second-order valence-electron chi connectivity index (χ2n) is 1.36. The third-order valence-corrected chi connectivity index (χ3v) is 2.63. The van der Waals surface area contributed by atoms with Crippen molar-refractivity contribution >= 4 is 55.7 Å². The number of nitrogens with zero attached hydrogens (tertiary/aromatic N) is 1. The van der Waals surface area contributed by atoms with Crippen molar-refractivity contribution in [2.24, 2.45) is 0 Å². The predicted octanol–water partition coefficient (Wildman–Crippen LogP) is 2.94. The van der Waals surface area contributed by atoms with Crippen LogP contribution in [0.4, 0.5) is 0 Å². The van der Waals surface area contributed by atoms with Gasteiger partial charge in [0.05, 0.1) is 0 Å². The van der Waals surface area contributed by atoms with Gasteiger partial charge in [0.1, 0.15) is 4.34 Å². The van der Waals surface area contributed by atoms with Crippen LogP contribution in [0.3, 0.4) is 0 Å². The molecule has 54 valence electrons. The average molecular weight is 261 g/mol. The monoisotopic (exact) mass is 259 g/mol. The van der Waals surface area contributed by atoms with Crippen LogP contribution in [0.2, 0.25) is 4.34 Å². The van der Waals surface area contributed by atoms with E-state index < -0.39 is 5.24 Å². The third-order valence-electron chi connectivity index (χ3n) is 0.746. The maximum Gasteiger partial charge on any atom is 0.273 e. The zero-order valence-electron chi connectivity index (χ0n) is 4.40. The largest absolute Gasteiger partial charge is 0.274 e. The number of thiazole rings is 1. The molecule has 1 aromatic rings. The van der Waals surface area contributed by atoms with Crippen molar-refractivity contribution in [2.45, 2.75) is 0 Å². The maximum absolute atomic E-state index is 10.5. The molecule has 6 heteroatoms. The van der Waals surface area contributed by atoms with Gasteiger partial charge >= 0.3 is 0 Å². The number of aromatic nitrogens is 1. The van der Waals surface area contributed by atoms with Gasteiger partial charge in [0.2, 0.25) is 0 Å². The molecule has 0 amide bonds. The third kappa shape index (κ3) is 1.69. The summed E-state index contributed by atoms with van der Waals surface area (Å²) >= 11 is 14.9. The molecule has 0 aliphatic carbocycles. The van der Waals surface area contributed by atoms with Crippen molar-refractivity contribution in [3.8, 4) is 0 Å². The molecule has 0 bridgehead atoms. The number of halogens is 3. The van der Waals surface area contributed by atoms with Crippen LogP contribution in [0.25, 0.3) is 0 Å². The highest BCUT2D eigenvalue weighted by Gasteiger charge is 2.12. The summed E-state index contributed by atoms with van der Waals surface area (Å²) in [5.41, 5.74) is 0.111. The minimum atomic E-state index is -0.632. The lowest BCUT2D eigenvalue weighted by molar-refractivity contribution is 0.107. The van der Waals surface area contributed by atoms with Crippen LogP contribution in [0.15, 0.2) is 3.92 Å². The first kappa shape index (κ1) is 8.46. The first-order chi connectivity index (χ1) is 4.61. The molecule has 0 saturated heterocycles. The number of carbonyl (C=O) groups is 1. The van der Waals surface area contributed by atoms with E-state index in [2.05, 4.69) is 20.9 Å². The van der Waals surface area contributed by atoms with Crippen LogP contribution < -0.4 is 0 Å². The van der Waals surface area contributed by atoms with Gasteiger partial charge in [-0.05, 0) is 27.5 Å². The molecular formula is C4BrCl2NOS. The van der Waals surface area contributed by atoms with E-state index in [9.17, 15) is 4.79 Å². The van der Waals surface area contributed by atoms with Gasteiger partial charge in [0, 0.05) is 0 Å². The summed E-state index contributed by atoms with van der Waals surface area (Å²) in [4.78, 5) is 14.2. The molecule has 0 aliphatic heterocycles. The first-order valence-electron chi connectivity index (χ1n) is 2.13. The van der Waals surface area contributed by atoms with Crippen LogP contribution in [-0.2, 0) is 0 Å². The Hall–Kier alpha value is 0.360. The van der Waals surface area contributed by atoms with Gasteiger partial charge in [0.15, 0.2) is 9.61 Å². The summed E-state index contributed by atoms with van der Waals surface area (Å²) in [5, 5.41) is -0.632. The lowest BCUT2D eigenvalue weighted by Crippen LogP contribution is -1.87. The maximum atomic E-state index is 10.5. The number of rotatable bonds is 1. The van der Waals surface area contributed by atoms with Crippen LogP contribution >= 0.6 is 50.5 Å². The topological polar surface area (TPSA) is 30.0 Å². The molecule has 0 atom stereocenters. The zero-order chi connectivity index (χ0) is 7.72. The summed E-state index contributed by atoms with van der Waals surface area (Å²) in [7, 11) is 0. The minimum absolute atomic E-state index is 0.111. The van der Waals surface area contributed by atoms with Gasteiger partial charge in [-0.2, -0.15) is 0 Å². The minimum Gasteiger partial charge on any atom is -0.274 e. The summed E-state index contributed by atoms with van der Waals surface area (Å²) in [6.45, 7) is 0. The van der Waals surface area contributed by atoms with E-state index in [0.29, 0.717) is 8.25 Å². The highest BCUT2D eigenvalue weighted by molar-refractivity contribution is 9.11. The molecular weight excluding hydrogens is 261 g/mol. The molecule has 0 aliphatic rings. The molecule has 2 nitrogen and oxygen atoms in total. The van der Waals surface area contributed by atoms with Crippen molar-refractivity contribution in [1.29, 1.82) is 0 Å². The highest BCUT2D eigenvalue weighted by atomic mass is 79.9. The van der Waals surface area contributed by atoms with E-state index in [1.54, 1.807) is 0 Å². The predicted molar refractivity (Wildman–Crippen MR) is 45.0 cm³/mol. The Kier molecular flexibility index (Phi) is 2.68. The summed E-state index contributed by atoms with van der Waals surface area (Å²) in [5.74, 6) is 0. The first-order valence-corrected chi connectivity index (χ1v) is 4.49. The number of hydrogen-bond donors (Lipinski definition) is 0. The van der Waals surface area contributed by atoms with Gasteiger partial charge in [-0.15, -0.1) is 0 Å². The molecule has 0 saturated carbocycles. The Labute approximate surface area is 79.3 Å². The van der Waals surface area contributed by atoms with Crippen molar-refractivity contribution < 1.29 is 4.79 Å². The Balaban J connectivity index is 3.15. The standard InChI is InChI=1S/C4BrCl2NOS/c5-4-8-1(2(6)9)3(7)10-4. The molecule has 1 heterocycles. The normalized spacial score (nSPS) is 9.90. The smallest absolute Gasteiger partial charge is 0.273 e. The molecule has 0 fully saturated rings. The van der Waals surface area contributed by atoms with Crippen LogP contribution in [0.5, 0.6) is 0 Å². The zero-order valence-corrected chi connectivity index (χ0v) is 8.31. The molecule has 1 rings (SSSR count). The quantitative estimate of drug-likeness (QED) is 0.727. The van der Waals surface area contributed by atoms with Gasteiger partial charge in [-0.1, -0.05) is 22.9 Å². The average Bonchev–Trinajstić information content (AvgIpc) is 2.10. The lowest BCUT2D eigenvalue weighted by Gasteiger charge is -1.81. The van der Waals surface area contributed by atoms with Crippen LogP contribution in [0.1, 0.15) is 10.5 Å². The summed E-state index contributed by atoms with van der Waals surface area (Å²) < 4.78 is 0.869. The fraction of sp³-hybridized carbons (Fsp3) is 0. The van der Waals surface area contributed by atoms with Gasteiger partial charge in [-0.25, -0.2) is 4.98 Å². The van der Waals surface area contributed by atoms with E-state index in [-0.39, 0.29) is 5.69 Å². The lowest BCUT2D eigenvalue weighted by atomic mass is 10.6. The van der Waals surface area contributed by atoms with Crippen molar-refractivity contribution in [2.75, 3.05) is 0 Å². The highest BCUT2D eigenvalue weighted by Crippen LogP contribution is 2.28. The van der Waals surface area contributed by atoms with E-state index in [1.807, 2.05) is 0 Å². The van der Waals surface area contributed by atoms with E-state index >= 15 is 0 Å². The number of hydrogen-bond acceptors (Lipinski definition) is 3. The van der Waals surface area contributed by atoms with Gasteiger partial charge in [-0.3, -0.25) is 4.79 Å². The molecule has 0 spiro atoms. The molecule has 0 aromatic carbocycles. The molecule has 0 radical (unpaired) electrons. The van der Waals surface area contributed by atoms with Crippen LogP contribution in [0, 0.1) is 0 Å². The van der Waals surface area contributed by atoms with Gasteiger partial charge < -0.3 is 0 Å². The molecule has 1 aromatic heterocycles. The van der Waals surface area contributed by atoms with E-state index in [0.717, 1.165) is 11.3 Å². The second kappa shape index (κ2) is 3.17. The molecule has 0 unspecified atom stereocenters. The Morgan fingerprint density at radius 2 is 2.30 bits per heavy atom. The van der Waals surface area contributed by atoms with Gasteiger partial charge in [0.25, 0.3) is 5.24 Å². The fourth-order valence-electron chi connectivity index (χ4n) is 0.398. The number of carbonyl (C=O) groups excluding carboxylic acids is 1. The van der Waals surface area contributed by atoms with E-state index in [1.165, 1.54) is 0 Å². The Morgan fingerprint density at radius 1 is 1.70 bits per heavy atom. The second-order valence-corrected chi connectivity index (χ2v) is 4.58. The SMILES string of the molecule is O=C(Cl)c1nc(Br)sc1Cl. The van der Waals surface area contributed by atoms with Crippen molar-refractivity contribution in [3.05, 3.63) is 13.9 Å². The molecule has 0 N–H and O–H groups in total. The summed E-state index contributed by atoms with van der Waals surface area (Å²) in [6.07, 6.45) is 0. The van der Waals surface area contributed by atoms with Crippen molar-refractivity contribution in [3.63, 3.8) is 0 Å². The fourth-order valence-corrected chi connectivity index (χ4v) is 2.45. The Morgan fingerprint density at radius 3 is 2.50 bits per heavy atom. The van der Waals surface area contributed by atoms with Crippen molar-refractivity contribution in [1.82, 2.24) is 4.98 Å². The Bertz CT molecular complexity index is 274. The van der Waals surface area contributed by atoms with Crippen LogP contribution in [-0.4, -0.2) is 10.2 Å². The van der Waals surface area contributed by atoms with E-state index in [4.69, 9.17) is 23.2 Å². The summed E-state index contributed by atoms with van der Waals surface area (Å²) in [6, 6.07) is 0. The molecule has 10 heavy (non-hydrogen) atoms.